The second-order valence-electron chi connectivity index (χ2n) is 4.47. The molecule has 0 saturated heterocycles. The minimum atomic E-state index is -0.402. The average Bonchev–Trinajstić information content (AvgIpc) is 2.49. The van der Waals surface area contributed by atoms with Gasteiger partial charge in [0.15, 0.2) is 0 Å². The van der Waals surface area contributed by atoms with Crippen LogP contribution in [0.15, 0.2) is 54.6 Å². The Morgan fingerprint density at radius 1 is 1.00 bits per heavy atom. The Labute approximate surface area is 123 Å². The van der Waals surface area contributed by atoms with E-state index >= 15 is 0 Å². The molecule has 0 saturated carbocycles. The van der Waals surface area contributed by atoms with Gasteiger partial charge in [-0.3, -0.25) is 4.79 Å². The lowest BCUT2D eigenvalue weighted by atomic mass is 10.0. The Morgan fingerprint density at radius 3 is 2.38 bits per heavy atom. The zero-order valence-corrected chi connectivity index (χ0v) is 11.8. The molecule has 2 rings (SSSR count). The molecule has 108 valence electrons. The number of anilines is 1. The van der Waals surface area contributed by atoms with Crippen molar-refractivity contribution >= 4 is 17.6 Å². The van der Waals surface area contributed by atoms with Crippen molar-refractivity contribution in [1.82, 2.24) is 0 Å². The fraction of sp³-hybridized carbons (Fsp3) is 0.176. The Balaban J connectivity index is 2.09. The van der Waals surface area contributed by atoms with Crippen LogP contribution in [-0.4, -0.2) is 18.5 Å². The quantitative estimate of drug-likeness (QED) is 0.858. The molecule has 4 heteroatoms. The van der Waals surface area contributed by atoms with Crippen molar-refractivity contribution in [3.05, 3.63) is 65.7 Å². The van der Waals surface area contributed by atoms with E-state index in [1.165, 1.54) is 0 Å². The topological polar surface area (TPSA) is 55.4 Å². The number of benzene rings is 2. The van der Waals surface area contributed by atoms with Gasteiger partial charge in [-0.2, -0.15) is 0 Å². The van der Waals surface area contributed by atoms with Gasteiger partial charge >= 0.3 is 5.97 Å². The molecule has 0 aromatic heterocycles. The highest BCUT2D eigenvalue weighted by molar-refractivity contribution is 5.96. The highest BCUT2D eigenvalue weighted by Crippen LogP contribution is 2.13. The zero-order valence-electron chi connectivity index (χ0n) is 11.8. The lowest BCUT2D eigenvalue weighted by Gasteiger charge is -2.09. The van der Waals surface area contributed by atoms with E-state index in [4.69, 9.17) is 4.74 Å². The van der Waals surface area contributed by atoms with E-state index in [0.29, 0.717) is 17.7 Å². The summed E-state index contributed by atoms with van der Waals surface area (Å²) in [6.45, 7) is 2.06. The predicted octanol–water partition coefficient (Wildman–Crippen LogP) is 3.04. The molecule has 4 nitrogen and oxygen atoms in total. The van der Waals surface area contributed by atoms with Gasteiger partial charge in [0.2, 0.25) is 5.91 Å². The lowest BCUT2D eigenvalue weighted by Crippen LogP contribution is -2.17. The number of para-hydroxylation sites is 1. The summed E-state index contributed by atoms with van der Waals surface area (Å²) in [6, 6.07) is 16.2. The molecule has 0 bridgehead atoms. The minimum Gasteiger partial charge on any atom is -0.462 e. The molecule has 0 spiro atoms. The summed E-state index contributed by atoms with van der Waals surface area (Å²) in [5.41, 5.74) is 1.82. The third-order valence-corrected chi connectivity index (χ3v) is 2.92. The maximum absolute atomic E-state index is 12.1. The highest BCUT2D eigenvalue weighted by atomic mass is 16.5. The molecule has 0 heterocycles. The Kier molecular flexibility index (Phi) is 5.10. The van der Waals surface area contributed by atoms with E-state index in [0.717, 1.165) is 5.69 Å². The summed E-state index contributed by atoms with van der Waals surface area (Å²) in [7, 11) is 0. The number of amides is 1. The monoisotopic (exact) mass is 283 g/mol. The van der Waals surface area contributed by atoms with Gasteiger partial charge in [0.05, 0.1) is 18.6 Å². The summed E-state index contributed by atoms with van der Waals surface area (Å²) in [5.74, 6) is -0.571. The number of hydrogen-bond acceptors (Lipinski definition) is 3. The van der Waals surface area contributed by atoms with E-state index in [9.17, 15) is 9.59 Å². The fourth-order valence-electron chi connectivity index (χ4n) is 1.98. The van der Waals surface area contributed by atoms with Crippen LogP contribution >= 0.6 is 0 Å². The molecule has 0 atom stereocenters. The minimum absolute atomic E-state index is 0.129. The van der Waals surface area contributed by atoms with Gasteiger partial charge in [-0.05, 0) is 30.7 Å². The van der Waals surface area contributed by atoms with Crippen molar-refractivity contribution < 1.29 is 14.3 Å². The Hall–Kier alpha value is -2.62. The van der Waals surface area contributed by atoms with E-state index in [1.54, 1.807) is 31.2 Å². The smallest absolute Gasteiger partial charge is 0.338 e. The number of ether oxygens (including phenoxy) is 1. The summed E-state index contributed by atoms with van der Waals surface area (Å²) >= 11 is 0. The first kappa shape index (κ1) is 14.8. The van der Waals surface area contributed by atoms with Crippen molar-refractivity contribution in [3.8, 4) is 0 Å². The first-order valence-corrected chi connectivity index (χ1v) is 6.80. The second kappa shape index (κ2) is 7.24. The van der Waals surface area contributed by atoms with E-state index in [2.05, 4.69) is 5.32 Å². The van der Waals surface area contributed by atoms with Crippen molar-refractivity contribution in [2.75, 3.05) is 11.9 Å². The van der Waals surface area contributed by atoms with Crippen LogP contribution in [0.4, 0.5) is 5.69 Å². The third-order valence-electron chi connectivity index (χ3n) is 2.92. The van der Waals surface area contributed by atoms with Gasteiger partial charge in [0, 0.05) is 5.69 Å². The number of nitrogens with one attached hydrogen (secondary N) is 1. The first-order valence-electron chi connectivity index (χ1n) is 6.80. The van der Waals surface area contributed by atoms with Crippen LogP contribution in [0.25, 0.3) is 0 Å². The summed E-state index contributed by atoms with van der Waals surface area (Å²) in [5, 5.41) is 2.80. The fourth-order valence-corrected chi connectivity index (χ4v) is 1.98. The van der Waals surface area contributed by atoms with Gasteiger partial charge in [0.25, 0.3) is 0 Å². The zero-order chi connectivity index (χ0) is 15.1. The highest BCUT2D eigenvalue weighted by Gasteiger charge is 2.14. The molecule has 1 amide bonds. The van der Waals surface area contributed by atoms with Crippen molar-refractivity contribution in [3.63, 3.8) is 0 Å². The molecule has 2 aromatic carbocycles. The molecule has 0 aliphatic rings. The van der Waals surface area contributed by atoms with Gasteiger partial charge in [-0.15, -0.1) is 0 Å². The van der Waals surface area contributed by atoms with E-state index in [1.807, 2.05) is 30.3 Å². The van der Waals surface area contributed by atoms with Crippen LogP contribution in [-0.2, 0) is 16.0 Å². The van der Waals surface area contributed by atoms with Crippen LogP contribution in [0.1, 0.15) is 22.8 Å². The van der Waals surface area contributed by atoms with Crippen LogP contribution in [0.2, 0.25) is 0 Å². The van der Waals surface area contributed by atoms with Crippen LogP contribution < -0.4 is 5.32 Å². The number of esters is 1. The van der Waals surface area contributed by atoms with Crippen molar-refractivity contribution in [1.29, 1.82) is 0 Å². The van der Waals surface area contributed by atoms with Crippen molar-refractivity contribution in [2.45, 2.75) is 13.3 Å². The maximum atomic E-state index is 12.1. The molecule has 0 aliphatic carbocycles. The first-order chi connectivity index (χ1) is 10.2. The van der Waals surface area contributed by atoms with E-state index in [-0.39, 0.29) is 12.3 Å². The van der Waals surface area contributed by atoms with E-state index < -0.39 is 5.97 Å². The Morgan fingerprint density at radius 2 is 1.67 bits per heavy atom. The maximum Gasteiger partial charge on any atom is 0.338 e. The second-order valence-corrected chi connectivity index (χ2v) is 4.47. The van der Waals surface area contributed by atoms with Gasteiger partial charge in [0.1, 0.15) is 0 Å². The standard InChI is InChI=1S/C17H17NO3/c1-2-21-17(20)15-11-7-6-8-13(15)12-16(19)18-14-9-4-3-5-10-14/h3-11H,2,12H2,1H3,(H,18,19). The van der Waals surface area contributed by atoms with Gasteiger partial charge < -0.3 is 10.1 Å². The molecule has 0 aliphatic heterocycles. The van der Waals surface area contributed by atoms with Crippen molar-refractivity contribution in [2.24, 2.45) is 0 Å². The molecule has 21 heavy (non-hydrogen) atoms. The Bertz CT molecular complexity index is 623. The number of hydrogen-bond donors (Lipinski definition) is 1. The molecule has 0 fully saturated rings. The van der Waals surface area contributed by atoms with Crippen LogP contribution in [0.3, 0.4) is 0 Å². The predicted molar refractivity (Wildman–Crippen MR) is 81.2 cm³/mol. The molecule has 0 radical (unpaired) electrons. The SMILES string of the molecule is CCOC(=O)c1ccccc1CC(=O)Nc1ccccc1. The van der Waals surface area contributed by atoms with Gasteiger partial charge in [-0.1, -0.05) is 36.4 Å². The van der Waals surface area contributed by atoms with Crippen LogP contribution in [0.5, 0.6) is 0 Å². The number of rotatable bonds is 5. The summed E-state index contributed by atoms with van der Waals surface area (Å²) in [4.78, 5) is 23.9. The average molecular weight is 283 g/mol. The summed E-state index contributed by atoms with van der Waals surface area (Å²) < 4.78 is 5.00. The largest absolute Gasteiger partial charge is 0.462 e. The number of carbonyl (C=O) groups excluding carboxylic acids is 2. The third kappa shape index (κ3) is 4.18. The molecule has 0 unspecified atom stereocenters. The lowest BCUT2D eigenvalue weighted by molar-refractivity contribution is -0.115. The molecule has 2 aromatic rings. The van der Waals surface area contributed by atoms with Crippen LogP contribution in [0, 0.1) is 0 Å². The molecule has 1 N–H and O–H groups in total. The number of carbonyl (C=O) groups is 2. The molecular weight excluding hydrogens is 266 g/mol. The normalized spacial score (nSPS) is 9.95. The molecular formula is C17H17NO3. The summed E-state index contributed by atoms with van der Waals surface area (Å²) in [6.07, 6.45) is 0.129. The van der Waals surface area contributed by atoms with Gasteiger partial charge in [-0.25, -0.2) is 4.79 Å².